The Kier molecular flexibility index (Phi) is 3.52. The number of rotatable bonds is 2. The van der Waals surface area contributed by atoms with E-state index >= 15 is 0 Å². The Labute approximate surface area is 181 Å². The van der Waals surface area contributed by atoms with Crippen LogP contribution in [0.15, 0.2) is 66.7 Å². The Balaban J connectivity index is 1.50. The molecule has 3 aromatic carbocycles. The zero-order valence-corrected chi connectivity index (χ0v) is 18.0. The lowest BCUT2D eigenvalue weighted by Gasteiger charge is -2.38. The van der Waals surface area contributed by atoms with Crippen molar-refractivity contribution in [3.63, 3.8) is 0 Å². The molecule has 0 spiro atoms. The first-order valence-corrected chi connectivity index (χ1v) is 10.9. The number of carbonyl (C=O) groups is 1. The SMILES string of the molecule is CC12CCC(C(=O)Oc3ccc4ccccc4c3)(c3nc4ccccc4nc31)C2(C)C. The third-order valence-electron chi connectivity index (χ3n) is 8.22. The molecule has 4 heteroatoms. The van der Waals surface area contributed by atoms with Crippen LogP contribution in [0.5, 0.6) is 5.75 Å². The molecular formula is C27H24N2O2. The van der Waals surface area contributed by atoms with E-state index in [2.05, 4.69) is 26.8 Å². The van der Waals surface area contributed by atoms with Crippen LogP contribution < -0.4 is 4.74 Å². The second-order valence-electron chi connectivity index (χ2n) is 9.67. The second-order valence-corrected chi connectivity index (χ2v) is 9.67. The average Bonchev–Trinajstić information content (AvgIpc) is 3.07. The lowest BCUT2D eigenvalue weighted by Crippen LogP contribution is -2.48. The molecule has 4 nitrogen and oxygen atoms in total. The van der Waals surface area contributed by atoms with E-state index in [1.165, 1.54) is 0 Å². The first kappa shape index (κ1) is 18.5. The smallest absolute Gasteiger partial charge is 0.324 e. The van der Waals surface area contributed by atoms with Crippen molar-refractivity contribution in [1.82, 2.24) is 9.97 Å². The monoisotopic (exact) mass is 408 g/mol. The zero-order chi connectivity index (χ0) is 21.4. The van der Waals surface area contributed by atoms with Gasteiger partial charge in [0.25, 0.3) is 0 Å². The van der Waals surface area contributed by atoms with Crippen molar-refractivity contribution in [2.75, 3.05) is 0 Å². The highest BCUT2D eigenvalue weighted by Gasteiger charge is 2.74. The summed E-state index contributed by atoms with van der Waals surface area (Å²) in [6.45, 7) is 6.58. The molecule has 2 atom stereocenters. The summed E-state index contributed by atoms with van der Waals surface area (Å²) in [6.07, 6.45) is 1.62. The molecule has 6 rings (SSSR count). The minimum atomic E-state index is -0.806. The maximum absolute atomic E-state index is 13.9. The average molecular weight is 409 g/mol. The van der Waals surface area contributed by atoms with E-state index in [-0.39, 0.29) is 16.8 Å². The van der Waals surface area contributed by atoms with Crippen molar-refractivity contribution in [3.8, 4) is 5.75 Å². The van der Waals surface area contributed by atoms with Gasteiger partial charge >= 0.3 is 5.97 Å². The molecule has 1 fully saturated rings. The first-order valence-electron chi connectivity index (χ1n) is 10.9. The Morgan fingerprint density at radius 3 is 2.19 bits per heavy atom. The third kappa shape index (κ3) is 2.17. The fourth-order valence-electron chi connectivity index (χ4n) is 5.92. The molecule has 2 aliphatic rings. The summed E-state index contributed by atoms with van der Waals surface area (Å²) in [6, 6.07) is 21.8. The Morgan fingerprint density at radius 1 is 0.806 bits per heavy atom. The fourth-order valence-corrected chi connectivity index (χ4v) is 5.92. The molecular weight excluding hydrogens is 384 g/mol. The van der Waals surface area contributed by atoms with Gasteiger partial charge in [0.15, 0.2) is 0 Å². The molecule has 1 heterocycles. The first-order chi connectivity index (χ1) is 14.9. The number of hydrogen-bond donors (Lipinski definition) is 0. The highest BCUT2D eigenvalue weighted by molar-refractivity contribution is 5.91. The number of carbonyl (C=O) groups excluding carboxylic acids is 1. The Hall–Kier alpha value is -3.27. The number of hydrogen-bond acceptors (Lipinski definition) is 4. The van der Waals surface area contributed by atoms with Gasteiger partial charge in [-0.25, -0.2) is 9.97 Å². The number of aromatic nitrogens is 2. The summed E-state index contributed by atoms with van der Waals surface area (Å²) < 4.78 is 6.07. The normalized spacial score (nSPS) is 25.6. The summed E-state index contributed by atoms with van der Waals surface area (Å²) in [5.74, 6) is 0.351. The summed E-state index contributed by atoms with van der Waals surface area (Å²) in [5, 5.41) is 2.18. The molecule has 4 aromatic rings. The van der Waals surface area contributed by atoms with E-state index in [9.17, 15) is 4.79 Å². The zero-order valence-electron chi connectivity index (χ0n) is 18.0. The van der Waals surface area contributed by atoms with Gasteiger partial charge in [-0.2, -0.15) is 0 Å². The second kappa shape index (κ2) is 5.91. The molecule has 0 aliphatic heterocycles. The van der Waals surface area contributed by atoms with Crippen LogP contribution in [0.1, 0.15) is 45.0 Å². The van der Waals surface area contributed by atoms with Gasteiger partial charge in [-0.05, 0) is 53.3 Å². The minimum absolute atomic E-state index is 0.220. The standard InChI is InChI=1S/C27H24N2O2/c1-25(2)26(3)14-15-27(25,23-22(26)28-20-10-6-7-11-21(20)29-23)24(30)31-19-13-12-17-8-4-5-9-18(17)16-19/h4-13,16H,14-15H2,1-3H3. The van der Waals surface area contributed by atoms with Crippen LogP contribution in [0, 0.1) is 5.41 Å². The molecule has 2 unspecified atom stereocenters. The summed E-state index contributed by atoms with van der Waals surface area (Å²) in [5.41, 5.74) is 2.08. The number of para-hydroxylation sites is 2. The number of fused-ring (bicyclic) bond motifs is 7. The van der Waals surface area contributed by atoms with E-state index in [1.807, 2.05) is 60.7 Å². The summed E-state index contributed by atoms with van der Waals surface area (Å²) >= 11 is 0. The van der Waals surface area contributed by atoms with Crippen LogP contribution in [-0.2, 0) is 15.6 Å². The molecule has 1 aromatic heterocycles. The number of nitrogens with zero attached hydrogens (tertiary/aromatic N) is 2. The Morgan fingerprint density at radius 2 is 1.45 bits per heavy atom. The number of esters is 1. The highest BCUT2D eigenvalue weighted by Crippen LogP contribution is 2.70. The van der Waals surface area contributed by atoms with Gasteiger partial charge in [0.2, 0.25) is 0 Å². The number of benzene rings is 3. The molecule has 2 aliphatic carbocycles. The van der Waals surface area contributed by atoms with Gasteiger partial charge < -0.3 is 4.74 Å². The van der Waals surface area contributed by atoms with Crippen molar-refractivity contribution in [2.24, 2.45) is 5.41 Å². The molecule has 1 saturated carbocycles. The molecule has 0 N–H and O–H groups in total. The largest absolute Gasteiger partial charge is 0.426 e. The van der Waals surface area contributed by atoms with Crippen LogP contribution in [0.2, 0.25) is 0 Å². The van der Waals surface area contributed by atoms with Gasteiger partial charge in [-0.15, -0.1) is 0 Å². The molecule has 0 amide bonds. The van der Waals surface area contributed by atoms with Crippen LogP contribution in [0.4, 0.5) is 0 Å². The van der Waals surface area contributed by atoms with Crippen LogP contribution in [0.25, 0.3) is 21.8 Å². The van der Waals surface area contributed by atoms with E-state index in [1.54, 1.807) is 0 Å². The van der Waals surface area contributed by atoms with E-state index in [4.69, 9.17) is 14.7 Å². The predicted molar refractivity (Wildman–Crippen MR) is 121 cm³/mol. The number of ether oxygens (including phenoxy) is 1. The van der Waals surface area contributed by atoms with Crippen molar-refractivity contribution >= 4 is 27.8 Å². The van der Waals surface area contributed by atoms with Gasteiger partial charge in [0.1, 0.15) is 11.2 Å². The van der Waals surface area contributed by atoms with E-state index < -0.39 is 5.41 Å². The maximum Gasteiger partial charge on any atom is 0.324 e. The maximum atomic E-state index is 13.9. The third-order valence-corrected chi connectivity index (χ3v) is 8.22. The summed E-state index contributed by atoms with van der Waals surface area (Å²) in [7, 11) is 0. The van der Waals surface area contributed by atoms with Crippen LogP contribution in [0.3, 0.4) is 0 Å². The van der Waals surface area contributed by atoms with Gasteiger partial charge in [-0.1, -0.05) is 63.2 Å². The van der Waals surface area contributed by atoms with Crippen LogP contribution in [-0.4, -0.2) is 15.9 Å². The van der Waals surface area contributed by atoms with Gasteiger partial charge in [0.05, 0.1) is 22.4 Å². The fraction of sp³-hybridized carbons (Fsp3) is 0.296. The molecule has 154 valence electrons. The topological polar surface area (TPSA) is 52.1 Å². The van der Waals surface area contributed by atoms with Crippen molar-refractivity contribution in [1.29, 1.82) is 0 Å². The van der Waals surface area contributed by atoms with Gasteiger partial charge in [0, 0.05) is 5.41 Å². The van der Waals surface area contributed by atoms with E-state index in [0.717, 1.165) is 46.0 Å². The molecule has 0 saturated heterocycles. The molecule has 0 radical (unpaired) electrons. The van der Waals surface area contributed by atoms with Gasteiger partial charge in [-0.3, -0.25) is 4.79 Å². The van der Waals surface area contributed by atoms with Crippen molar-refractivity contribution in [2.45, 2.75) is 44.4 Å². The minimum Gasteiger partial charge on any atom is -0.426 e. The van der Waals surface area contributed by atoms with E-state index in [0.29, 0.717) is 5.75 Å². The van der Waals surface area contributed by atoms with Crippen molar-refractivity contribution in [3.05, 3.63) is 78.1 Å². The molecule has 31 heavy (non-hydrogen) atoms. The quantitative estimate of drug-likeness (QED) is 0.314. The summed E-state index contributed by atoms with van der Waals surface area (Å²) in [4.78, 5) is 23.9. The predicted octanol–water partition coefficient (Wildman–Crippen LogP) is 5.72. The van der Waals surface area contributed by atoms with Crippen molar-refractivity contribution < 1.29 is 9.53 Å². The lowest BCUT2D eigenvalue weighted by atomic mass is 9.64. The van der Waals surface area contributed by atoms with Crippen LogP contribution >= 0.6 is 0 Å². The molecule has 2 bridgehead atoms. The highest BCUT2D eigenvalue weighted by atomic mass is 16.5. The Bertz CT molecular complexity index is 1390. The lowest BCUT2D eigenvalue weighted by molar-refractivity contribution is -0.145.